The van der Waals surface area contributed by atoms with E-state index in [-0.39, 0.29) is 35.3 Å². The third-order valence-corrected chi connectivity index (χ3v) is 2.04. The van der Waals surface area contributed by atoms with Gasteiger partial charge in [-0.1, -0.05) is 0 Å². The second kappa shape index (κ2) is 7.92. The van der Waals surface area contributed by atoms with E-state index < -0.39 is 11.8 Å². The molecule has 0 aromatic heterocycles. The van der Waals surface area contributed by atoms with Gasteiger partial charge in [-0.05, 0) is 24.3 Å². The molecule has 1 rings (SSSR count). The number of ether oxygens (including phenoxy) is 2. The van der Waals surface area contributed by atoms with Crippen LogP contribution >= 0.6 is 0 Å². The average molecular weight is 259 g/mol. The van der Waals surface area contributed by atoms with Gasteiger partial charge >= 0.3 is 5.97 Å². The van der Waals surface area contributed by atoms with E-state index in [0.717, 1.165) is 13.2 Å². The van der Waals surface area contributed by atoms with Crippen molar-refractivity contribution in [3.05, 3.63) is 35.9 Å². The van der Waals surface area contributed by atoms with E-state index >= 15 is 0 Å². The SMILES string of the molecule is COC(=O)C(=O)C=C(O)c1ccc(OC)cc1.[Na]. The van der Waals surface area contributed by atoms with Crippen LogP contribution < -0.4 is 4.74 Å². The predicted octanol–water partition coefficient (Wildman–Crippen LogP) is 0.955. The Kier molecular flexibility index (Phi) is 7.35. The molecule has 0 bridgehead atoms. The minimum atomic E-state index is -1.02. The largest absolute Gasteiger partial charge is 0.507 e. The quantitative estimate of drug-likeness (QED) is 0.286. The summed E-state index contributed by atoms with van der Waals surface area (Å²) in [5, 5.41) is 9.59. The van der Waals surface area contributed by atoms with Crippen LogP contribution in [0.4, 0.5) is 0 Å². The topological polar surface area (TPSA) is 72.8 Å². The summed E-state index contributed by atoms with van der Waals surface area (Å²) in [6, 6.07) is 6.38. The van der Waals surface area contributed by atoms with Crippen molar-refractivity contribution in [2.45, 2.75) is 0 Å². The van der Waals surface area contributed by atoms with Gasteiger partial charge in [-0.25, -0.2) is 4.79 Å². The monoisotopic (exact) mass is 259 g/mol. The fraction of sp³-hybridized carbons (Fsp3) is 0.167. The number of esters is 1. The Balaban J connectivity index is 0.00000289. The molecule has 0 atom stereocenters. The molecule has 0 saturated carbocycles. The van der Waals surface area contributed by atoms with E-state index in [1.807, 2.05) is 0 Å². The molecule has 0 spiro atoms. The van der Waals surface area contributed by atoms with Crippen LogP contribution in [-0.4, -0.2) is 60.6 Å². The molecule has 1 aromatic carbocycles. The molecule has 6 heteroatoms. The maximum Gasteiger partial charge on any atom is 0.378 e. The van der Waals surface area contributed by atoms with Gasteiger partial charge in [-0.3, -0.25) is 4.79 Å². The van der Waals surface area contributed by atoms with Gasteiger partial charge in [-0.15, -0.1) is 0 Å². The molecule has 0 aliphatic heterocycles. The summed E-state index contributed by atoms with van der Waals surface area (Å²) < 4.78 is 9.16. The number of aliphatic hydroxyl groups excluding tert-OH is 1. The Labute approximate surface area is 127 Å². The first-order chi connectivity index (χ1) is 8.08. The van der Waals surface area contributed by atoms with Gasteiger partial charge in [0.25, 0.3) is 5.78 Å². The van der Waals surface area contributed by atoms with Gasteiger partial charge in [0.05, 0.1) is 14.2 Å². The predicted molar refractivity (Wildman–Crippen MR) is 66.4 cm³/mol. The fourth-order valence-electron chi connectivity index (χ4n) is 1.13. The third kappa shape index (κ3) is 4.52. The number of hydrogen-bond acceptors (Lipinski definition) is 5. The summed E-state index contributed by atoms with van der Waals surface area (Å²) in [4.78, 5) is 22.0. The van der Waals surface area contributed by atoms with Gasteiger partial charge in [0.1, 0.15) is 11.5 Å². The number of rotatable bonds is 4. The minimum Gasteiger partial charge on any atom is -0.507 e. The summed E-state index contributed by atoms with van der Waals surface area (Å²) in [6.07, 6.45) is 0.813. The molecule has 0 aliphatic rings. The van der Waals surface area contributed by atoms with Crippen molar-refractivity contribution in [1.29, 1.82) is 0 Å². The summed E-state index contributed by atoms with van der Waals surface area (Å²) in [5.74, 6) is -1.62. The van der Waals surface area contributed by atoms with Gasteiger partial charge < -0.3 is 14.6 Å². The molecule has 1 radical (unpaired) electrons. The van der Waals surface area contributed by atoms with E-state index in [4.69, 9.17) is 4.74 Å². The van der Waals surface area contributed by atoms with Crippen LogP contribution in [0.1, 0.15) is 5.56 Å². The number of hydrogen-bond donors (Lipinski definition) is 1. The molecule has 0 fully saturated rings. The minimum absolute atomic E-state index is 0. The van der Waals surface area contributed by atoms with E-state index in [9.17, 15) is 14.7 Å². The Morgan fingerprint density at radius 1 is 1.17 bits per heavy atom. The first kappa shape index (κ1) is 16.7. The van der Waals surface area contributed by atoms with Crippen molar-refractivity contribution < 1.29 is 24.2 Å². The van der Waals surface area contributed by atoms with Crippen molar-refractivity contribution in [1.82, 2.24) is 0 Å². The second-order valence-corrected chi connectivity index (χ2v) is 3.11. The van der Waals surface area contributed by atoms with Crippen LogP contribution in [0.3, 0.4) is 0 Å². The molecule has 0 heterocycles. The molecule has 18 heavy (non-hydrogen) atoms. The zero-order chi connectivity index (χ0) is 12.8. The van der Waals surface area contributed by atoms with Gasteiger partial charge in [-0.2, -0.15) is 0 Å². The molecule has 1 aromatic rings. The Morgan fingerprint density at radius 2 is 1.72 bits per heavy atom. The molecule has 0 saturated heterocycles. The van der Waals surface area contributed by atoms with Crippen molar-refractivity contribution in [2.24, 2.45) is 0 Å². The van der Waals surface area contributed by atoms with Crippen LogP contribution in [0.15, 0.2) is 30.3 Å². The normalized spacial score (nSPS) is 10.2. The summed E-state index contributed by atoms with van der Waals surface area (Å²) in [6.45, 7) is 0. The number of carbonyl (C=O) groups excluding carboxylic acids is 2. The Morgan fingerprint density at radius 3 is 2.17 bits per heavy atom. The maximum absolute atomic E-state index is 11.1. The van der Waals surface area contributed by atoms with Crippen LogP contribution in [0.25, 0.3) is 5.76 Å². The molecule has 0 aliphatic carbocycles. The van der Waals surface area contributed by atoms with Crippen molar-refractivity contribution in [2.75, 3.05) is 14.2 Å². The zero-order valence-corrected chi connectivity index (χ0v) is 12.5. The van der Waals surface area contributed by atoms with Crippen molar-refractivity contribution in [3.8, 4) is 5.75 Å². The molecule has 1 N–H and O–H groups in total. The Hall–Kier alpha value is -1.30. The number of methoxy groups -OCH3 is 2. The molecule has 5 nitrogen and oxygen atoms in total. The number of carbonyl (C=O) groups is 2. The van der Waals surface area contributed by atoms with Gasteiger partial charge in [0.15, 0.2) is 0 Å². The van der Waals surface area contributed by atoms with Crippen molar-refractivity contribution in [3.63, 3.8) is 0 Å². The van der Waals surface area contributed by atoms with E-state index in [0.29, 0.717) is 11.3 Å². The van der Waals surface area contributed by atoms with Crippen LogP contribution in [0, 0.1) is 0 Å². The molecule has 0 unspecified atom stereocenters. The maximum atomic E-state index is 11.1. The summed E-state index contributed by atoms with van der Waals surface area (Å²) >= 11 is 0. The third-order valence-electron chi connectivity index (χ3n) is 2.04. The van der Waals surface area contributed by atoms with Crippen LogP contribution in [0.5, 0.6) is 5.75 Å². The van der Waals surface area contributed by atoms with Crippen molar-refractivity contribution >= 4 is 47.1 Å². The zero-order valence-electron chi connectivity index (χ0n) is 10.5. The number of aliphatic hydroxyl groups is 1. The van der Waals surface area contributed by atoms with Crippen LogP contribution in [-0.2, 0) is 14.3 Å². The fourth-order valence-corrected chi connectivity index (χ4v) is 1.13. The van der Waals surface area contributed by atoms with Crippen LogP contribution in [0.2, 0.25) is 0 Å². The molecular weight excluding hydrogens is 247 g/mol. The Bertz CT molecular complexity index is 450. The van der Waals surface area contributed by atoms with Gasteiger partial charge in [0, 0.05) is 41.2 Å². The number of benzene rings is 1. The van der Waals surface area contributed by atoms with E-state index in [1.165, 1.54) is 7.11 Å². The molecule has 91 valence electrons. The average Bonchev–Trinajstić information content (AvgIpc) is 2.37. The number of ketones is 1. The van der Waals surface area contributed by atoms with Gasteiger partial charge in [0.2, 0.25) is 0 Å². The van der Waals surface area contributed by atoms with E-state index in [1.54, 1.807) is 24.3 Å². The molecule has 0 amide bonds. The smallest absolute Gasteiger partial charge is 0.378 e. The summed E-state index contributed by atoms with van der Waals surface area (Å²) in [5.41, 5.74) is 0.406. The summed E-state index contributed by atoms with van der Waals surface area (Å²) in [7, 11) is 2.62. The first-order valence-electron chi connectivity index (χ1n) is 4.76. The molecular formula is C12H12NaO5. The van der Waals surface area contributed by atoms with E-state index in [2.05, 4.69) is 4.74 Å². The first-order valence-corrected chi connectivity index (χ1v) is 4.76. The second-order valence-electron chi connectivity index (χ2n) is 3.11. The standard InChI is InChI=1S/C12H12O5.Na/c1-16-9-5-3-8(4-6-9)10(13)7-11(14)12(15)17-2;/h3-7,13H,1-2H3;.